The molecule has 96 valence electrons. The van der Waals surface area contributed by atoms with Crippen molar-refractivity contribution in [3.05, 3.63) is 35.4 Å². The van der Waals surface area contributed by atoms with Crippen LogP contribution < -0.4 is 11.1 Å². The SMILES string of the molecule is C[C@H](CN)NC(=O)C1C2CCc3ccccc3C21. The van der Waals surface area contributed by atoms with Gasteiger partial charge in [0.15, 0.2) is 0 Å². The van der Waals surface area contributed by atoms with Crippen LogP contribution in [-0.2, 0) is 11.2 Å². The summed E-state index contributed by atoms with van der Waals surface area (Å²) in [6, 6.07) is 8.63. The molecule has 0 heterocycles. The summed E-state index contributed by atoms with van der Waals surface area (Å²) in [6.07, 6.45) is 2.27. The molecule has 18 heavy (non-hydrogen) atoms. The second-order valence-corrected chi connectivity index (χ2v) is 5.60. The molecule has 0 radical (unpaired) electrons. The monoisotopic (exact) mass is 244 g/mol. The number of amides is 1. The normalized spacial score (nSPS) is 30.0. The molecule has 1 saturated carbocycles. The van der Waals surface area contributed by atoms with Crippen LogP contribution >= 0.6 is 0 Å². The summed E-state index contributed by atoms with van der Waals surface area (Å²) in [5.41, 5.74) is 8.38. The van der Waals surface area contributed by atoms with Gasteiger partial charge in [-0.25, -0.2) is 0 Å². The number of carbonyl (C=O) groups excluding carboxylic acids is 1. The molecule has 1 aromatic rings. The van der Waals surface area contributed by atoms with E-state index in [1.165, 1.54) is 11.1 Å². The van der Waals surface area contributed by atoms with Crippen molar-refractivity contribution >= 4 is 5.91 Å². The van der Waals surface area contributed by atoms with E-state index in [9.17, 15) is 4.79 Å². The Hall–Kier alpha value is -1.35. The molecule has 3 heteroatoms. The van der Waals surface area contributed by atoms with Gasteiger partial charge in [-0.15, -0.1) is 0 Å². The average Bonchev–Trinajstić information content (AvgIpc) is 3.13. The highest BCUT2D eigenvalue weighted by atomic mass is 16.2. The Morgan fingerprint density at radius 3 is 3.06 bits per heavy atom. The minimum absolute atomic E-state index is 0.0791. The standard InChI is InChI=1S/C15H20N2O/c1-9(8-16)17-15(18)14-12-7-6-10-4-2-3-5-11(10)13(12)14/h2-5,9,12-14H,6-8,16H2,1H3,(H,17,18)/t9-,12?,13?,14?/m1/s1. The average molecular weight is 244 g/mol. The van der Waals surface area contributed by atoms with Gasteiger partial charge < -0.3 is 11.1 Å². The lowest BCUT2D eigenvalue weighted by Gasteiger charge is -2.13. The number of hydrogen-bond donors (Lipinski definition) is 2. The molecule has 2 aliphatic rings. The molecule has 3 unspecified atom stereocenters. The molecule has 3 N–H and O–H groups in total. The van der Waals surface area contributed by atoms with Gasteiger partial charge in [0.2, 0.25) is 5.91 Å². The molecular weight excluding hydrogens is 224 g/mol. The molecule has 3 nitrogen and oxygen atoms in total. The Bertz CT molecular complexity index is 471. The molecule has 1 fully saturated rings. The summed E-state index contributed by atoms with van der Waals surface area (Å²) in [4.78, 5) is 12.2. The highest BCUT2D eigenvalue weighted by Gasteiger charge is 2.56. The van der Waals surface area contributed by atoms with Gasteiger partial charge in [-0.2, -0.15) is 0 Å². The maximum absolute atomic E-state index is 12.2. The highest BCUT2D eigenvalue weighted by Crippen LogP contribution is 2.59. The number of benzene rings is 1. The minimum Gasteiger partial charge on any atom is -0.352 e. The lowest BCUT2D eigenvalue weighted by atomic mass is 9.92. The van der Waals surface area contributed by atoms with Crippen LogP contribution in [0.15, 0.2) is 24.3 Å². The molecule has 3 rings (SSSR count). The van der Waals surface area contributed by atoms with E-state index in [2.05, 4.69) is 29.6 Å². The van der Waals surface area contributed by atoms with Gasteiger partial charge >= 0.3 is 0 Å². The second-order valence-electron chi connectivity index (χ2n) is 5.60. The van der Waals surface area contributed by atoms with E-state index in [-0.39, 0.29) is 17.9 Å². The molecule has 4 atom stereocenters. The Morgan fingerprint density at radius 2 is 2.28 bits per heavy atom. The second kappa shape index (κ2) is 4.39. The number of nitrogens with one attached hydrogen (secondary N) is 1. The smallest absolute Gasteiger partial charge is 0.224 e. The first-order valence-corrected chi connectivity index (χ1v) is 6.80. The van der Waals surface area contributed by atoms with Gasteiger partial charge in [0.1, 0.15) is 0 Å². The number of rotatable bonds is 3. The zero-order chi connectivity index (χ0) is 12.7. The summed E-state index contributed by atoms with van der Waals surface area (Å²) >= 11 is 0. The summed E-state index contributed by atoms with van der Waals surface area (Å²) in [7, 11) is 0. The van der Waals surface area contributed by atoms with E-state index in [0.717, 1.165) is 12.8 Å². The Balaban J connectivity index is 1.75. The van der Waals surface area contributed by atoms with Gasteiger partial charge in [0.05, 0.1) is 0 Å². The Kier molecular flexibility index (Phi) is 2.86. The van der Waals surface area contributed by atoms with E-state index in [1.807, 2.05) is 6.92 Å². The van der Waals surface area contributed by atoms with E-state index >= 15 is 0 Å². The molecule has 0 aliphatic heterocycles. The van der Waals surface area contributed by atoms with Crippen LogP contribution in [-0.4, -0.2) is 18.5 Å². The highest BCUT2D eigenvalue weighted by molar-refractivity contribution is 5.84. The van der Waals surface area contributed by atoms with Crippen LogP contribution in [0, 0.1) is 11.8 Å². The fourth-order valence-corrected chi connectivity index (χ4v) is 3.32. The van der Waals surface area contributed by atoms with E-state index in [1.54, 1.807) is 0 Å². The van der Waals surface area contributed by atoms with Crippen molar-refractivity contribution in [3.8, 4) is 0 Å². The van der Waals surface area contributed by atoms with Gasteiger partial charge in [-0.05, 0) is 42.7 Å². The molecule has 0 aromatic heterocycles. The van der Waals surface area contributed by atoms with E-state index in [4.69, 9.17) is 5.73 Å². The van der Waals surface area contributed by atoms with Crippen molar-refractivity contribution < 1.29 is 4.79 Å². The molecule has 2 aliphatic carbocycles. The van der Waals surface area contributed by atoms with Crippen molar-refractivity contribution in [1.29, 1.82) is 0 Å². The van der Waals surface area contributed by atoms with Crippen molar-refractivity contribution in [3.63, 3.8) is 0 Å². The summed E-state index contributed by atoms with van der Waals surface area (Å²) in [6.45, 7) is 2.46. The zero-order valence-electron chi connectivity index (χ0n) is 10.7. The third-order valence-corrected chi connectivity index (χ3v) is 4.37. The minimum atomic E-state index is 0.0791. The third-order valence-electron chi connectivity index (χ3n) is 4.37. The lowest BCUT2D eigenvalue weighted by molar-refractivity contribution is -0.123. The summed E-state index contributed by atoms with van der Waals surface area (Å²) in [5, 5.41) is 3.01. The first-order chi connectivity index (χ1) is 8.72. The number of hydrogen-bond acceptors (Lipinski definition) is 2. The van der Waals surface area contributed by atoms with Crippen LogP contribution in [0.4, 0.5) is 0 Å². The fraction of sp³-hybridized carbons (Fsp3) is 0.533. The third kappa shape index (κ3) is 1.83. The number of nitrogens with two attached hydrogens (primary N) is 1. The molecule has 0 bridgehead atoms. The van der Waals surface area contributed by atoms with Crippen LogP contribution in [0.25, 0.3) is 0 Å². The number of aryl methyl sites for hydroxylation is 1. The molecule has 0 saturated heterocycles. The predicted molar refractivity (Wildman–Crippen MR) is 71.1 cm³/mol. The molecular formula is C15H20N2O. The van der Waals surface area contributed by atoms with Crippen LogP contribution in [0.2, 0.25) is 0 Å². The van der Waals surface area contributed by atoms with Gasteiger partial charge in [0.25, 0.3) is 0 Å². The van der Waals surface area contributed by atoms with E-state index < -0.39 is 0 Å². The Labute approximate surface area is 108 Å². The van der Waals surface area contributed by atoms with Crippen molar-refractivity contribution in [2.24, 2.45) is 17.6 Å². The van der Waals surface area contributed by atoms with E-state index in [0.29, 0.717) is 18.4 Å². The predicted octanol–water partition coefficient (Wildman–Crippen LogP) is 1.43. The summed E-state index contributed by atoms with van der Waals surface area (Å²) in [5.74, 6) is 1.40. The fourth-order valence-electron chi connectivity index (χ4n) is 3.32. The molecule has 0 spiro atoms. The maximum atomic E-state index is 12.2. The molecule has 1 aromatic carbocycles. The Morgan fingerprint density at radius 1 is 1.50 bits per heavy atom. The van der Waals surface area contributed by atoms with Crippen molar-refractivity contribution in [1.82, 2.24) is 5.32 Å². The van der Waals surface area contributed by atoms with Crippen LogP contribution in [0.5, 0.6) is 0 Å². The number of fused-ring (bicyclic) bond motifs is 3. The van der Waals surface area contributed by atoms with Gasteiger partial charge in [-0.3, -0.25) is 4.79 Å². The van der Waals surface area contributed by atoms with Gasteiger partial charge in [0, 0.05) is 18.5 Å². The molecule has 1 amide bonds. The van der Waals surface area contributed by atoms with Crippen LogP contribution in [0.3, 0.4) is 0 Å². The lowest BCUT2D eigenvalue weighted by Crippen LogP contribution is -2.39. The summed E-state index contributed by atoms with van der Waals surface area (Å²) < 4.78 is 0. The number of carbonyl (C=O) groups is 1. The quantitative estimate of drug-likeness (QED) is 0.845. The van der Waals surface area contributed by atoms with Gasteiger partial charge in [-0.1, -0.05) is 24.3 Å². The first-order valence-electron chi connectivity index (χ1n) is 6.80. The van der Waals surface area contributed by atoms with Crippen LogP contribution in [0.1, 0.15) is 30.4 Å². The van der Waals surface area contributed by atoms with Crippen molar-refractivity contribution in [2.45, 2.75) is 31.7 Å². The maximum Gasteiger partial charge on any atom is 0.224 e. The zero-order valence-corrected chi connectivity index (χ0v) is 10.7. The van der Waals surface area contributed by atoms with Crippen molar-refractivity contribution in [2.75, 3.05) is 6.54 Å². The topological polar surface area (TPSA) is 55.1 Å². The largest absolute Gasteiger partial charge is 0.352 e. The first kappa shape index (κ1) is 11.7.